The molecule has 0 aromatic heterocycles. The first-order valence-electron chi connectivity index (χ1n) is 3.99. The molecule has 0 saturated carbocycles. The van der Waals surface area contributed by atoms with Crippen LogP contribution >= 0.6 is 15.9 Å². The molecule has 1 rings (SSSR count). The number of halogens is 2. The van der Waals surface area contributed by atoms with Crippen molar-refractivity contribution in [3.63, 3.8) is 0 Å². The van der Waals surface area contributed by atoms with E-state index in [1.165, 1.54) is 12.1 Å². The molecule has 0 spiro atoms. The number of benzene rings is 1. The summed E-state index contributed by atoms with van der Waals surface area (Å²) in [7, 11) is 0. The summed E-state index contributed by atoms with van der Waals surface area (Å²) >= 11 is 3.02. The molecule has 0 atom stereocenters. The average molecular weight is 258 g/mol. The third kappa shape index (κ3) is 2.96. The molecule has 1 amide bonds. The topological polar surface area (TPSA) is 29.1 Å². The molecule has 74 valence electrons. The Morgan fingerprint density at radius 1 is 1.64 bits per heavy atom. The van der Waals surface area contributed by atoms with Crippen molar-refractivity contribution in [3.8, 4) is 0 Å². The first kappa shape index (κ1) is 10.9. The van der Waals surface area contributed by atoms with Gasteiger partial charge >= 0.3 is 0 Å². The van der Waals surface area contributed by atoms with Crippen LogP contribution in [0.3, 0.4) is 0 Å². The lowest BCUT2D eigenvalue weighted by Crippen LogP contribution is -2.09. The average Bonchev–Trinajstić information content (AvgIpc) is 2.12. The molecule has 1 aromatic rings. The molecular weight excluding hydrogens is 249 g/mol. The molecule has 0 fully saturated rings. The maximum Gasteiger partial charge on any atom is 0.228 e. The van der Waals surface area contributed by atoms with Gasteiger partial charge in [-0.3, -0.25) is 4.79 Å². The summed E-state index contributed by atoms with van der Waals surface area (Å²) in [5.74, 6) is -0.608. The van der Waals surface area contributed by atoms with E-state index in [1.54, 1.807) is 12.1 Å². The fourth-order valence-electron chi connectivity index (χ4n) is 0.917. The SMILES string of the molecule is C=CCC(=O)Nc1ccc(Br)c(F)c1. The van der Waals surface area contributed by atoms with E-state index < -0.39 is 5.82 Å². The predicted octanol–water partition coefficient (Wildman–Crippen LogP) is 3.10. The van der Waals surface area contributed by atoms with E-state index in [1.807, 2.05) is 0 Å². The van der Waals surface area contributed by atoms with Crippen LogP contribution in [0.5, 0.6) is 0 Å². The Hall–Kier alpha value is -1.16. The van der Waals surface area contributed by atoms with Gasteiger partial charge in [0.15, 0.2) is 0 Å². The Kier molecular flexibility index (Phi) is 3.83. The van der Waals surface area contributed by atoms with Crippen molar-refractivity contribution >= 4 is 27.5 Å². The summed E-state index contributed by atoms with van der Waals surface area (Å²) in [5.41, 5.74) is 0.442. The van der Waals surface area contributed by atoms with Crippen LogP contribution in [0.2, 0.25) is 0 Å². The second kappa shape index (κ2) is 4.91. The Labute approximate surface area is 89.9 Å². The highest BCUT2D eigenvalue weighted by Gasteiger charge is 2.03. The van der Waals surface area contributed by atoms with Crippen LogP contribution in [0, 0.1) is 5.82 Å². The van der Waals surface area contributed by atoms with Gasteiger partial charge in [-0.05, 0) is 34.1 Å². The quantitative estimate of drug-likeness (QED) is 0.829. The van der Waals surface area contributed by atoms with Gasteiger partial charge in [0.05, 0.1) is 4.47 Å². The summed E-state index contributed by atoms with van der Waals surface area (Å²) in [6, 6.07) is 4.41. The van der Waals surface area contributed by atoms with Crippen molar-refractivity contribution in [2.75, 3.05) is 5.32 Å². The monoisotopic (exact) mass is 257 g/mol. The molecule has 4 heteroatoms. The summed E-state index contributed by atoms with van der Waals surface area (Å²) < 4.78 is 13.4. The Bertz CT molecular complexity index is 365. The highest BCUT2D eigenvalue weighted by Crippen LogP contribution is 2.19. The molecule has 0 aliphatic heterocycles. The standard InChI is InChI=1S/C10H9BrFNO/c1-2-3-10(14)13-7-4-5-8(11)9(12)6-7/h2,4-6H,1,3H2,(H,13,14). The van der Waals surface area contributed by atoms with Crippen molar-refractivity contribution in [2.24, 2.45) is 0 Å². The lowest BCUT2D eigenvalue weighted by molar-refractivity contribution is -0.115. The van der Waals surface area contributed by atoms with Crippen molar-refractivity contribution < 1.29 is 9.18 Å². The van der Waals surface area contributed by atoms with Crippen LogP contribution in [0.15, 0.2) is 35.3 Å². The van der Waals surface area contributed by atoms with Gasteiger partial charge in [-0.2, -0.15) is 0 Å². The third-order valence-electron chi connectivity index (χ3n) is 1.53. The maximum absolute atomic E-state index is 13.0. The first-order chi connectivity index (χ1) is 6.63. The lowest BCUT2D eigenvalue weighted by atomic mass is 10.3. The zero-order valence-electron chi connectivity index (χ0n) is 7.39. The minimum absolute atomic E-state index is 0.207. The molecule has 14 heavy (non-hydrogen) atoms. The largest absolute Gasteiger partial charge is 0.326 e. The second-order valence-corrected chi connectivity index (χ2v) is 3.52. The van der Waals surface area contributed by atoms with E-state index in [-0.39, 0.29) is 12.3 Å². The number of amides is 1. The Morgan fingerprint density at radius 3 is 2.93 bits per heavy atom. The number of carbonyl (C=O) groups is 1. The molecule has 1 N–H and O–H groups in total. The zero-order valence-corrected chi connectivity index (χ0v) is 8.97. The van der Waals surface area contributed by atoms with Crippen LogP contribution in [-0.2, 0) is 4.79 Å². The first-order valence-corrected chi connectivity index (χ1v) is 4.78. The normalized spacial score (nSPS) is 9.57. The summed E-state index contributed by atoms with van der Waals surface area (Å²) in [6.45, 7) is 3.43. The Balaban J connectivity index is 2.72. The van der Waals surface area contributed by atoms with E-state index >= 15 is 0 Å². The molecule has 0 aliphatic carbocycles. The van der Waals surface area contributed by atoms with E-state index in [2.05, 4.69) is 27.8 Å². The predicted molar refractivity (Wildman–Crippen MR) is 57.5 cm³/mol. The number of anilines is 1. The molecular formula is C10H9BrFNO. The molecule has 0 radical (unpaired) electrons. The Morgan fingerprint density at radius 2 is 2.36 bits per heavy atom. The molecule has 0 aliphatic rings. The molecule has 0 bridgehead atoms. The smallest absolute Gasteiger partial charge is 0.228 e. The van der Waals surface area contributed by atoms with Gasteiger partial charge in [0, 0.05) is 12.1 Å². The van der Waals surface area contributed by atoms with E-state index in [0.717, 1.165) is 0 Å². The number of hydrogen-bond donors (Lipinski definition) is 1. The minimum Gasteiger partial charge on any atom is -0.326 e. The van der Waals surface area contributed by atoms with Gasteiger partial charge in [-0.1, -0.05) is 6.08 Å². The van der Waals surface area contributed by atoms with Gasteiger partial charge in [-0.25, -0.2) is 4.39 Å². The van der Waals surface area contributed by atoms with Crippen molar-refractivity contribution in [2.45, 2.75) is 6.42 Å². The summed E-state index contributed by atoms with van der Waals surface area (Å²) in [6.07, 6.45) is 1.71. The molecule has 0 saturated heterocycles. The molecule has 0 unspecified atom stereocenters. The van der Waals surface area contributed by atoms with Crippen LogP contribution in [0.4, 0.5) is 10.1 Å². The van der Waals surface area contributed by atoms with Crippen molar-refractivity contribution in [3.05, 3.63) is 41.1 Å². The number of carbonyl (C=O) groups excluding carboxylic acids is 1. The van der Waals surface area contributed by atoms with Gasteiger partial charge in [0.25, 0.3) is 0 Å². The van der Waals surface area contributed by atoms with E-state index in [9.17, 15) is 9.18 Å². The molecule has 2 nitrogen and oxygen atoms in total. The lowest BCUT2D eigenvalue weighted by Gasteiger charge is -2.03. The molecule has 0 heterocycles. The fourth-order valence-corrected chi connectivity index (χ4v) is 1.16. The van der Waals surface area contributed by atoms with Gasteiger partial charge in [-0.15, -0.1) is 6.58 Å². The minimum atomic E-state index is -0.401. The zero-order chi connectivity index (χ0) is 10.6. The highest BCUT2D eigenvalue weighted by molar-refractivity contribution is 9.10. The third-order valence-corrected chi connectivity index (χ3v) is 2.18. The second-order valence-electron chi connectivity index (χ2n) is 2.67. The van der Waals surface area contributed by atoms with Crippen LogP contribution in [0.25, 0.3) is 0 Å². The van der Waals surface area contributed by atoms with E-state index in [0.29, 0.717) is 10.2 Å². The van der Waals surface area contributed by atoms with Crippen LogP contribution < -0.4 is 5.32 Å². The summed E-state index contributed by atoms with van der Waals surface area (Å²) in [5, 5.41) is 2.54. The fraction of sp³-hybridized carbons (Fsp3) is 0.100. The highest BCUT2D eigenvalue weighted by atomic mass is 79.9. The van der Waals surface area contributed by atoms with E-state index in [4.69, 9.17) is 0 Å². The van der Waals surface area contributed by atoms with Crippen molar-refractivity contribution in [1.82, 2.24) is 0 Å². The van der Waals surface area contributed by atoms with Gasteiger partial charge in [0.1, 0.15) is 5.82 Å². The van der Waals surface area contributed by atoms with Gasteiger partial charge < -0.3 is 5.32 Å². The van der Waals surface area contributed by atoms with Gasteiger partial charge in [0.2, 0.25) is 5.91 Å². The van der Waals surface area contributed by atoms with Crippen LogP contribution in [-0.4, -0.2) is 5.91 Å². The van der Waals surface area contributed by atoms with Crippen molar-refractivity contribution in [1.29, 1.82) is 0 Å². The molecule has 1 aromatic carbocycles. The number of nitrogens with one attached hydrogen (secondary N) is 1. The maximum atomic E-state index is 13.0. The van der Waals surface area contributed by atoms with Crippen LogP contribution in [0.1, 0.15) is 6.42 Å². The number of rotatable bonds is 3. The number of hydrogen-bond acceptors (Lipinski definition) is 1. The summed E-state index contributed by atoms with van der Waals surface area (Å²) in [4.78, 5) is 11.1.